The van der Waals surface area contributed by atoms with Gasteiger partial charge in [-0.3, -0.25) is 9.59 Å². The second-order valence-corrected chi connectivity index (χ2v) is 7.47. The Kier molecular flexibility index (Phi) is 5.50. The third-order valence-electron chi connectivity index (χ3n) is 4.28. The summed E-state index contributed by atoms with van der Waals surface area (Å²) >= 11 is 1.33. The monoisotopic (exact) mass is 414 g/mol. The summed E-state index contributed by atoms with van der Waals surface area (Å²) in [5, 5.41) is 15.4. The number of benzene rings is 1. The molecule has 150 valence electrons. The van der Waals surface area contributed by atoms with E-state index in [0.29, 0.717) is 22.1 Å². The van der Waals surface area contributed by atoms with E-state index < -0.39 is 17.9 Å². The second-order valence-electron chi connectivity index (χ2n) is 6.28. The molecule has 3 N–H and O–H groups in total. The molecule has 2 amide bonds. The van der Waals surface area contributed by atoms with E-state index in [9.17, 15) is 14.7 Å². The first-order valence-electron chi connectivity index (χ1n) is 8.85. The van der Waals surface area contributed by atoms with Gasteiger partial charge in [-0.1, -0.05) is 6.07 Å². The Bertz CT molecular complexity index is 1010. The molecule has 0 fully saturated rings. The Labute approximate surface area is 170 Å². The van der Waals surface area contributed by atoms with Gasteiger partial charge in [0.2, 0.25) is 6.79 Å². The van der Waals surface area contributed by atoms with E-state index in [0.717, 1.165) is 10.4 Å². The molecular formula is C20H18N2O6S. The lowest BCUT2D eigenvalue weighted by molar-refractivity contribution is -0.139. The number of hydrogen-bond acceptors (Lipinski definition) is 7. The molecule has 1 aromatic carbocycles. The molecule has 9 heteroatoms. The van der Waals surface area contributed by atoms with E-state index in [-0.39, 0.29) is 19.9 Å². The van der Waals surface area contributed by atoms with Crippen molar-refractivity contribution in [2.45, 2.75) is 19.2 Å². The fourth-order valence-corrected chi connectivity index (χ4v) is 3.73. The zero-order valence-corrected chi connectivity index (χ0v) is 16.0. The minimum atomic E-state index is -0.857. The Hall–Kier alpha value is -3.30. The van der Waals surface area contributed by atoms with Gasteiger partial charge >= 0.3 is 11.8 Å². The quantitative estimate of drug-likeness (QED) is 0.533. The lowest BCUT2D eigenvalue weighted by Gasteiger charge is -2.07. The predicted octanol–water partition coefficient (Wildman–Crippen LogP) is 2.08. The summed E-state index contributed by atoms with van der Waals surface area (Å²) in [5.74, 6) is 0.268. The highest BCUT2D eigenvalue weighted by atomic mass is 32.1. The number of hydrogen-bond donors (Lipinski definition) is 3. The molecule has 0 saturated heterocycles. The van der Waals surface area contributed by atoms with E-state index in [1.807, 2.05) is 0 Å². The SMILES string of the molecule is O=C(NCc1ccc2c(c1)OCO2)C(=O)NCc1ccc([C@@H](O)c2ccco2)s1. The maximum Gasteiger partial charge on any atom is 0.309 e. The van der Waals surface area contributed by atoms with Crippen LogP contribution in [0.2, 0.25) is 0 Å². The minimum Gasteiger partial charge on any atom is -0.466 e. The summed E-state index contributed by atoms with van der Waals surface area (Å²) in [6.45, 7) is 0.559. The van der Waals surface area contributed by atoms with Gasteiger partial charge in [-0.05, 0) is 42.0 Å². The number of carbonyl (C=O) groups is 2. The highest BCUT2D eigenvalue weighted by Crippen LogP contribution is 2.32. The molecule has 3 aromatic rings. The number of ether oxygens (including phenoxy) is 2. The number of thiophene rings is 1. The number of fused-ring (bicyclic) bond motifs is 1. The van der Waals surface area contributed by atoms with Crippen molar-refractivity contribution in [2.24, 2.45) is 0 Å². The maximum absolute atomic E-state index is 12.0. The first kappa shape index (κ1) is 19.0. The van der Waals surface area contributed by atoms with Crippen molar-refractivity contribution in [3.05, 3.63) is 69.8 Å². The van der Waals surface area contributed by atoms with Crippen molar-refractivity contribution < 1.29 is 28.6 Å². The number of nitrogens with one attached hydrogen (secondary N) is 2. The standard InChI is InChI=1S/C20H18N2O6S/c23-18(15-2-1-7-26-15)17-6-4-13(29-17)10-22-20(25)19(24)21-9-12-3-5-14-16(8-12)28-11-27-14/h1-8,18,23H,9-11H2,(H,21,24)(H,22,25)/t18-/m0/s1. The van der Waals surface area contributed by atoms with Crippen LogP contribution in [-0.4, -0.2) is 23.7 Å². The summed E-state index contributed by atoms with van der Waals surface area (Å²) in [4.78, 5) is 25.5. The van der Waals surface area contributed by atoms with Crippen molar-refractivity contribution in [2.75, 3.05) is 6.79 Å². The summed E-state index contributed by atoms with van der Waals surface area (Å²) in [7, 11) is 0. The lowest BCUT2D eigenvalue weighted by Crippen LogP contribution is -2.39. The van der Waals surface area contributed by atoms with E-state index in [2.05, 4.69) is 10.6 Å². The van der Waals surface area contributed by atoms with Gasteiger partial charge in [0.25, 0.3) is 0 Å². The van der Waals surface area contributed by atoms with Crippen LogP contribution >= 0.6 is 11.3 Å². The molecule has 0 unspecified atom stereocenters. The van der Waals surface area contributed by atoms with Gasteiger partial charge in [0.15, 0.2) is 11.5 Å². The second kappa shape index (κ2) is 8.38. The third-order valence-corrected chi connectivity index (χ3v) is 5.42. The first-order valence-corrected chi connectivity index (χ1v) is 9.66. The van der Waals surface area contributed by atoms with Crippen LogP contribution in [0.3, 0.4) is 0 Å². The fourth-order valence-electron chi connectivity index (χ4n) is 2.78. The molecular weight excluding hydrogens is 396 g/mol. The van der Waals surface area contributed by atoms with Crippen LogP contribution in [0, 0.1) is 0 Å². The number of furan rings is 1. The van der Waals surface area contributed by atoms with E-state index in [4.69, 9.17) is 13.9 Å². The molecule has 0 saturated carbocycles. The van der Waals surface area contributed by atoms with Gasteiger partial charge < -0.3 is 29.6 Å². The zero-order valence-electron chi connectivity index (χ0n) is 15.2. The summed E-state index contributed by atoms with van der Waals surface area (Å²) in [6.07, 6.45) is 0.639. The van der Waals surface area contributed by atoms with Crippen LogP contribution < -0.4 is 20.1 Å². The van der Waals surface area contributed by atoms with Crippen molar-refractivity contribution in [1.29, 1.82) is 0 Å². The number of carbonyl (C=O) groups excluding carboxylic acids is 2. The van der Waals surface area contributed by atoms with Gasteiger partial charge in [0.05, 0.1) is 12.8 Å². The third kappa shape index (κ3) is 4.41. The van der Waals surface area contributed by atoms with Crippen LogP contribution in [0.1, 0.15) is 27.2 Å². The van der Waals surface area contributed by atoms with E-state index in [1.165, 1.54) is 17.6 Å². The summed E-state index contributed by atoms with van der Waals surface area (Å²) in [5.41, 5.74) is 0.796. The number of aliphatic hydroxyl groups excluding tert-OH is 1. The highest BCUT2D eigenvalue weighted by Gasteiger charge is 2.18. The molecule has 1 aliphatic rings. The van der Waals surface area contributed by atoms with Crippen molar-refractivity contribution in [1.82, 2.24) is 10.6 Å². The Balaban J connectivity index is 1.26. The Morgan fingerprint density at radius 3 is 2.62 bits per heavy atom. The number of amides is 2. The maximum atomic E-state index is 12.0. The number of aliphatic hydroxyl groups is 1. The Morgan fingerprint density at radius 2 is 1.83 bits per heavy atom. The van der Waals surface area contributed by atoms with E-state index >= 15 is 0 Å². The fraction of sp³-hybridized carbons (Fsp3) is 0.200. The van der Waals surface area contributed by atoms with Gasteiger partial charge in [-0.2, -0.15) is 0 Å². The van der Waals surface area contributed by atoms with Gasteiger partial charge in [-0.25, -0.2) is 0 Å². The molecule has 29 heavy (non-hydrogen) atoms. The van der Waals surface area contributed by atoms with Crippen LogP contribution in [0.25, 0.3) is 0 Å². The smallest absolute Gasteiger partial charge is 0.309 e. The largest absolute Gasteiger partial charge is 0.466 e. The molecule has 3 heterocycles. The molecule has 0 bridgehead atoms. The predicted molar refractivity (Wildman–Crippen MR) is 103 cm³/mol. The van der Waals surface area contributed by atoms with Gasteiger partial charge in [0.1, 0.15) is 11.9 Å². The van der Waals surface area contributed by atoms with Crippen molar-refractivity contribution in [3.8, 4) is 11.5 Å². The van der Waals surface area contributed by atoms with Crippen molar-refractivity contribution >= 4 is 23.2 Å². The highest BCUT2D eigenvalue weighted by molar-refractivity contribution is 7.12. The molecule has 1 atom stereocenters. The van der Waals surface area contributed by atoms with Crippen LogP contribution in [-0.2, 0) is 22.7 Å². The summed E-state index contributed by atoms with van der Waals surface area (Å²) < 4.78 is 15.7. The average molecular weight is 414 g/mol. The summed E-state index contributed by atoms with van der Waals surface area (Å²) in [6, 6.07) is 12.3. The molecule has 2 aromatic heterocycles. The van der Waals surface area contributed by atoms with Gasteiger partial charge in [-0.15, -0.1) is 11.3 Å². The molecule has 4 rings (SSSR count). The molecule has 0 aliphatic carbocycles. The van der Waals surface area contributed by atoms with Crippen LogP contribution in [0.5, 0.6) is 11.5 Å². The van der Waals surface area contributed by atoms with E-state index in [1.54, 1.807) is 42.5 Å². The molecule has 1 aliphatic heterocycles. The van der Waals surface area contributed by atoms with Crippen LogP contribution in [0.15, 0.2) is 53.1 Å². The molecule has 0 spiro atoms. The lowest BCUT2D eigenvalue weighted by atomic mass is 10.2. The first-order chi connectivity index (χ1) is 14.1. The minimum absolute atomic E-state index is 0.177. The molecule has 8 nitrogen and oxygen atoms in total. The zero-order chi connectivity index (χ0) is 20.2. The number of rotatable bonds is 6. The van der Waals surface area contributed by atoms with Crippen LogP contribution in [0.4, 0.5) is 0 Å². The average Bonchev–Trinajstić information content (AvgIpc) is 3.50. The van der Waals surface area contributed by atoms with Gasteiger partial charge in [0, 0.05) is 16.3 Å². The Morgan fingerprint density at radius 1 is 1.03 bits per heavy atom. The van der Waals surface area contributed by atoms with Crippen molar-refractivity contribution in [3.63, 3.8) is 0 Å². The topological polar surface area (TPSA) is 110 Å². The normalized spacial score (nSPS) is 13.1. The molecule has 0 radical (unpaired) electrons.